The van der Waals surface area contributed by atoms with E-state index in [0.717, 1.165) is 36.8 Å². The standard InChI is InChI=1S/C24H32O7/c1-13-5-7-18-15(3)21(27-19-8-6-16(11-14(19)2)12-20(25)26)28-22-24(18)17(13)9-10-23(4,29-22)30-31-24/h6,8,11,13,15,17-18,21-22H,5,7,9-10,12H2,1-4H3,(H,25,26)/t13-,15-,17+,18+,21+,22-,23-,24-/m1/s1. The van der Waals surface area contributed by atoms with Crippen LogP contribution in [-0.2, 0) is 30.5 Å². The van der Waals surface area contributed by atoms with Gasteiger partial charge in [0.2, 0.25) is 12.1 Å². The lowest BCUT2D eigenvalue weighted by molar-refractivity contribution is -0.575. The van der Waals surface area contributed by atoms with Gasteiger partial charge in [0.1, 0.15) is 5.75 Å². The number of carboxylic acids is 1. The van der Waals surface area contributed by atoms with Crippen molar-refractivity contribution in [2.75, 3.05) is 0 Å². The molecule has 1 aromatic rings. The molecule has 1 aliphatic carbocycles. The van der Waals surface area contributed by atoms with E-state index in [-0.39, 0.29) is 18.3 Å². The third kappa shape index (κ3) is 3.37. The van der Waals surface area contributed by atoms with Gasteiger partial charge >= 0.3 is 5.97 Å². The van der Waals surface area contributed by atoms with Gasteiger partial charge in [0, 0.05) is 18.3 Å². The maximum absolute atomic E-state index is 11.0. The average Bonchev–Trinajstić information content (AvgIpc) is 2.93. The molecular weight excluding hydrogens is 400 g/mol. The average molecular weight is 433 g/mol. The molecule has 170 valence electrons. The molecule has 0 unspecified atom stereocenters. The van der Waals surface area contributed by atoms with Crippen molar-refractivity contribution in [1.82, 2.24) is 0 Å². The van der Waals surface area contributed by atoms with Gasteiger partial charge in [0.15, 0.2) is 11.9 Å². The molecule has 7 heteroatoms. The van der Waals surface area contributed by atoms with Gasteiger partial charge in [0.05, 0.1) is 6.42 Å². The molecule has 31 heavy (non-hydrogen) atoms. The number of hydrogen-bond acceptors (Lipinski definition) is 6. The third-order valence-corrected chi connectivity index (χ3v) is 7.93. The van der Waals surface area contributed by atoms with Crippen LogP contribution in [0.5, 0.6) is 5.75 Å². The Bertz CT molecular complexity index is 871. The fraction of sp³-hybridized carbons (Fsp3) is 0.708. The summed E-state index contributed by atoms with van der Waals surface area (Å²) in [7, 11) is 0. The normalized spacial score (nSPS) is 43.7. The van der Waals surface area contributed by atoms with E-state index in [1.165, 1.54) is 0 Å². The van der Waals surface area contributed by atoms with Gasteiger partial charge in [-0.1, -0.05) is 26.0 Å². The summed E-state index contributed by atoms with van der Waals surface area (Å²) in [4.78, 5) is 23.0. The number of benzene rings is 1. The Morgan fingerprint density at radius 2 is 2.00 bits per heavy atom. The van der Waals surface area contributed by atoms with Crippen molar-refractivity contribution in [1.29, 1.82) is 0 Å². The molecular formula is C24H32O7. The molecule has 5 fully saturated rings. The number of carbonyl (C=O) groups is 1. The van der Waals surface area contributed by atoms with Crippen molar-refractivity contribution in [2.24, 2.45) is 23.7 Å². The molecule has 4 saturated heterocycles. The van der Waals surface area contributed by atoms with Gasteiger partial charge in [0.25, 0.3) is 0 Å². The summed E-state index contributed by atoms with van der Waals surface area (Å²) in [6.07, 6.45) is 2.90. The maximum atomic E-state index is 11.0. The van der Waals surface area contributed by atoms with Crippen LogP contribution >= 0.6 is 0 Å². The summed E-state index contributed by atoms with van der Waals surface area (Å²) in [5.41, 5.74) is 1.04. The Morgan fingerprint density at radius 3 is 2.74 bits per heavy atom. The number of aliphatic carboxylic acids is 1. The lowest BCUT2D eigenvalue weighted by atomic mass is 9.58. The van der Waals surface area contributed by atoms with Crippen LogP contribution in [0.3, 0.4) is 0 Å². The van der Waals surface area contributed by atoms with E-state index in [2.05, 4.69) is 13.8 Å². The predicted molar refractivity (Wildman–Crippen MR) is 110 cm³/mol. The smallest absolute Gasteiger partial charge is 0.307 e. The topological polar surface area (TPSA) is 83.5 Å². The van der Waals surface area contributed by atoms with Crippen molar-refractivity contribution in [2.45, 2.75) is 83.8 Å². The zero-order valence-corrected chi connectivity index (χ0v) is 18.6. The van der Waals surface area contributed by atoms with E-state index < -0.39 is 29.9 Å². The molecule has 8 atom stereocenters. The molecule has 1 aromatic carbocycles. The molecule has 1 N–H and O–H groups in total. The molecule has 6 rings (SSSR count). The van der Waals surface area contributed by atoms with E-state index >= 15 is 0 Å². The van der Waals surface area contributed by atoms with E-state index in [1.54, 1.807) is 6.07 Å². The highest BCUT2D eigenvalue weighted by Gasteiger charge is 2.69. The van der Waals surface area contributed by atoms with Gasteiger partial charge in [-0.15, -0.1) is 0 Å². The van der Waals surface area contributed by atoms with Crippen molar-refractivity contribution in [3.8, 4) is 5.75 Å². The van der Waals surface area contributed by atoms with Crippen LogP contribution in [0.15, 0.2) is 18.2 Å². The fourth-order valence-corrected chi connectivity index (χ4v) is 6.26. The molecule has 0 radical (unpaired) electrons. The highest BCUT2D eigenvalue weighted by molar-refractivity contribution is 5.70. The molecule has 4 heterocycles. The molecule has 7 nitrogen and oxygen atoms in total. The van der Waals surface area contributed by atoms with E-state index in [0.29, 0.717) is 17.6 Å². The number of carboxylic acid groups (broad SMARTS) is 1. The van der Waals surface area contributed by atoms with Crippen LogP contribution < -0.4 is 4.74 Å². The minimum atomic E-state index is -0.847. The number of aryl methyl sites for hydroxylation is 1. The maximum Gasteiger partial charge on any atom is 0.307 e. The van der Waals surface area contributed by atoms with Gasteiger partial charge in [-0.25, -0.2) is 9.78 Å². The largest absolute Gasteiger partial charge is 0.481 e. The van der Waals surface area contributed by atoms with E-state index in [9.17, 15) is 4.79 Å². The molecule has 4 aliphatic heterocycles. The Kier molecular flexibility index (Phi) is 5.09. The lowest BCUT2D eigenvalue weighted by Gasteiger charge is -2.60. The summed E-state index contributed by atoms with van der Waals surface area (Å²) in [6, 6.07) is 5.49. The highest BCUT2D eigenvalue weighted by Crippen LogP contribution is 2.60. The van der Waals surface area contributed by atoms with Crippen molar-refractivity contribution in [3.05, 3.63) is 29.3 Å². The van der Waals surface area contributed by atoms with Crippen LogP contribution in [-0.4, -0.2) is 35.0 Å². The van der Waals surface area contributed by atoms with Gasteiger partial charge in [-0.2, -0.15) is 0 Å². The second kappa shape index (κ2) is 7.44. The van der Waals surface area contributed by atoms with Crippen LogP contribution in [0.4, 0.5) is 0 Å². The summed E-state index contributed by atoms with van der Waals surface area (Å²) in [5.74, 6) is 0.164. The van der Waals surface area contributed by atoms with Crippen molar-refractivity contribution >= 4 is 5.97 Å². The van der Waals surface area contributed by atoms with Crippen LogP contribution in [0.25, 0.3) is 0 Å². The quantitative estimate of drug-likeness (QED) is 0.714. The number of fused-ring (bicyclic) bond motifs is 2. The Balaban J connectivity index is 1.43. The molecule has 1 spiro atoms. The number of rotatable bonds is 4. The fourth-order valence-electron chi connectivity index (χ4n) is 6.26. The molecule has 1 saturated carbocycles. The first-order valence-corrected chi connectivity index (χ1v) is 11.4. The number of hydrogen-bond donors (Lipinski definition) is 1. The second-order valence-corrected chi connectivity index (χ2v) is 10.1. The van der Waals surface area contributed by atoms with E-state index in [1.807, 2.05) is 26.0 Å². The first-order chi connectivity index (χ1) is 14.7. The van der Waals surface area contributed by atoms with Gasteiger partial charge in [-0.3, -0.25) is 4.79 Å². The van der Waals surface area contributed by atoms with Gasteiger partial charge < -0.3 is 19.3 Å². The van der Waals surface area contributed by atoms with E-state index in [4.69, 9.17) is 29.1 Å². The van der Waals surface area contributed by atoms with Gasteiger partial charge in [-0.05, 0) is 62.1 Å². The number of ether oxygens (including phenoxy) is 3. The summed E-state index contributed by atoms with van der Waals surface area (Å²) in [5, 5.41) is 9.04. The lowest BCUT2D eigenvalue weighted by Crippen LogP contribution is -2.70. The molecule has 0 aromatic heterocycles. The third-order valence-electron chi connectivity index (χ3n) is 7.93. The van der Waals surface area contributed by atoms with Crippen molar-refractivity contribution < 1.29 is 33.9 Å². The SMILES string of the molecule is Cc1cc(CC(=O)O)ccc1O[C@H]1O[C@@H]2O[C@@]3(C)CC[C@H]4[C@H](C)CC[C@@H]([C@H]1C)[C@@]24OO3. The highest BCUT2D eigenvalue weighted by atomic mass is 17.3. The Labute approximate surface area is 182 Å². The minimum absolute atomic E-state index is 0.00649. The second-order valence-electron chi connectivity index (χ2n) is 10.1. The summed E-state index contributed by atoms with van der Waals surface area (Å²) < 4.78 is 19.2. The Hall–Kier alpha value is -1.67. The first-order valence-electron chi connectivity index (χ1n) is 11.4. The monoisotopic (exact) mass is 432 g/mol. The zero-order chi connectivity index (χ0) is 22.0. The molecule has 2 bridgehead atoms. The Morgan fingerprint density at radius 1 is 1.19 bits per heavy atom. The van der Waals surface area contributed by atoms with Crippen LogP contribution in [0, 0.1) is 30.6 Å². The van der Waals surface area contributed by atoms with Crippen molar-refractivity contribution in [3.63, 3.8) is 0 Å². The first kappa shape index (κ1) is 21.2. The zero-order valence-electron chi connectivity index (χ0n) is 18.6. The van der Waals surface area contributed by atoms with Crippen LogP contribution in [0.1, 0.15) is 57.6 Å². The summed E-state index contributed by atoms with van der Waals surface area (Å²) in [6.45, 7) is 8.30. The van der Waals surface area contributed by atoms with Crippen LogP contribution in [0.2, 0.25) is 0 Å². The minimum Gasteiger partial charge on any atom is -0.481 e. The summed E-state index contributed by atoms with van der Waals surface area (Å²) >= 11 is 0. The molecule has 0 amide bonds. The molecule has 5 aliphatic rings. The predicted octanol–water partition coefficient (Wildman–Crippen LogP) is 4.21.